The van der Waals surface area contributed by atoms with Gasteiger partial charge in [0.2, 0.25) is 5.16 Å². The molecule has 120 valence electrons. The molecular weight excluding hydrogens is 346 g/mol. The van der Waals surface area contributed by atoms with E-state index in [1.807, 2.05) is 37.4 Å². The van der Waals surface area contributed by atoms with Crippen molar-refractivity contribution in [3.05, 3.63) is 57.6 Å². The maximum atomic E-state index is 12.9. The molecule has 0 radical (unpaired) electrons. The first-order valence-corrected chi connectivity index (χ1v) is 8.76. The van der Waals surface area contributed by atoms with Crippen LogP contribution in [0, 0.1) is 6.92 Å². The summed E-state index contributed by atoms with van der Waals surface area (Å²) in [5, 5.41) is 5.96. The number of hydrogen-bond acceptors (Lipinski definition) is 5. The monoisotopic (exact) mass is 357 g/mol. The predicted octanol–water partition coefficient (Wildman–Crippen LogP) is 3.11. The van der Waals surface area contributed by atoms with E-state index in [4.69, 9.17) is 11.6 Å². The smallest absolute Gasteiger partial charge is 0.266 e. The van der Waals surface area contributed by atoms with Crippen molar-refractivity contribution >= 4 is 40.0 Å². The summed E-state index contributed by atoms with van der Waals surface area (Å²) in [5.41, 5.74) is 2.14. The molecule has 0 saturated carbocycles. The average Bonchev–Trinajstić information content (AvgIpc) is 2.99. The number of hydrogen-bond donors (Lipinski definition) is 0. The highest BCUT2D eigenvalue weighted by molar-refractivity contribution is 7.98. The number of pyridine rings is 1. The minimum absolute atomic E-state index is 0.200. The zero-order valence-corrected chi connectivity index (χ0v) is 14.5. The lowest BCUT2D eigenvalue weighted by atomic mass is 10.2. The Balaban J connectivity index is 2.01. The number of thioether (sulfide) groups is 1. The van der Waals surface area contributed by atoms with Gasteiger partial charge in [0.25, 0.3) is 11.3 Å². The molecule has 0 fully saturated rings. The second-order valence-electron chi connectivity index (χ2n) is 5.31. The van der Waals surface area contributed by atoms with Crippen molar-refractivity contribution < 1.29 is 0 Å². The molecule has 4 rings (SSSR count). The topological polar surface area (TPSA) is 65.1 Å². The number of halogens is 1. The number of nitrogens with zero attached hydrogens (tertiary/aromatic N) is 5. The van der Waals surface area contributed by atoms with Crippen LogP contribution in [0.4, 0.5) is 0 Å². The van der Waals surface area contributed by atoms with E-state index >= 15 is 0 Å². The van der Waals surface area contributed by atoms with E-state index in [-0.39, 0.29) is 5.56 Å². The third-order valence-corrected chi connectivity index (χ3v) is 4.60. The fourth-order valence-electron chi connectivity index (χ4n) is 2.58. The maximum absolute atomic E-state index is 12.9. The van der Waals surface area contributed by atoms with Crippen LogP contribution in [0.2, 0.25) is 5.02 Å². The minimum Gasteiger partial charge on any atom is -0.282 e. The Morgan fingerprint density at radius 1 is 1.25 bits per heavy atom. The predicted molar refractivity (Wildman–Crippen MR) is 95.4 cm³/mol. The van der Waals surface area contributed by atoms with E-state index < -0.39 is 0 Å². The Kier molecular flexibility index (Phi) is 3.54. The summed E-state index contributed by atoms with van der Waals surface area (Å²) in [4.78, 5) is 21.4. The first-order chi connectivity index (χ1) is 11.6. The second kappa shape index (κ2) is 5.61. The van der Waals surface area contributed by atoms with Gasteiger partial charge in [0.1, 0.15) is 0 Å². The van der Waals surface area contributed by atoms with Crippen molar-refractivity contribution in [2.45, 2.75) is 12.1 Å². The van der Waals surface area contributed by atoms with Gasteiger partial charge < -0.3 is 0 Å². The fraction of sp³-hybridized carbons (Fsp3) is 0.125. The second-order valence-corrected chi connectivity index (χ2v) is 6.49. The molecule has 3 heterocycles. The van der Waals surface area contributed by atoms with Gasteiger partial charge in [-0.25, -0.2) is 4.98 Å². The van der Waals surface area contributed by atoms with Crippen LogP contribution in [0.25, 0.3) is 22.4 Å². The van der Waals surface area contributed by atoms with Crippen LogP contribution in [0.3, 0.4) is 0 Å². The van der Waals surface area contributed by atoms with Gasteiger partial charge in [0, 0.05) is 12.4 Å². The quantitative estimate of drug-likeness (QED) is 0.516. The molecule has 24 heavy (non-hydrogen) atoms. The zero-order chi connectivity index (χ0) is 16.8. The molecule has 0 atom stereocenters. The maximum Gasteiger partial charge on any atom is 0.266 e. The first-order valence-electron chi connectivity index (χ1n) is 7.16. The lowest BCUT2D eigenvalue weighted by Gasteiger charge is -2.10. The van der Waals surface area contributed by atoms with Crippen molar-refractivity contribution in [3.63, 3.8) is 0 Å². The van der Waals surface area contributed by atoms with Gasteiger partial charge in [-0.1, -0.05) is 29.4 Å². The van der Waals surface area contributed by atoms with Crippen LogP contribution in [0.1, 0.15) is 5.56 Å². The van der Waals surface area contributed by atoms with Gasteiger partial charge in [0.15, 0.2) is 0 Å². The van der Waals surface area contributed by atoms with E-state index in [2.05, 4.69) is 15.1 Å². The molecule has 6 nitrogen and oxygen atoms in total. The molecule has 1 aromatic carbocycles. The third kappa shape index (κ3) is 2.28. The largest absolute Gasteiger partial charge is 0.282 e. The Labute approximate surface area is 146 Å². The SMILES string of the molecule is CSc1nc2ncc3c(=O)n(-c4ccc(C)cc4Cl)ccc3n2n1. The molecule has 0 aliphatic rings. The van der Waals surface area contributed by atoms with Crippen LogP contribution in [-0.2, 0) is 0 Å². The van der Waals surface area contributed by atoms with Crippen molar-refractivity contribution in [2.24, 2.45) is 0 Å². The number of benzene rings is 1. The molecule has 0 N–H and O–H groups in total. The van der Waals surface area contributed by atoms with Crippen molar-refractivity contribution in [1.29, 1.82) is 0 Å². The molecule has 0 spiro atoms. The van der Waals surface area contributed by atoms with Crippen LogP contribution < -0.4 is 5.56 Å². The molecule has 4 aromatic rings. The molecule has 0 saturated heterocycles. The number of fused-ring (bicyclic) bond motifs is 3. The molecule has 8 heteroatoms. The Morgan fingerprint density at radius 2 is 2.08 bits per heavy atom. The van der Waals surface area contributed by atoms with E-state index in [0.29, 0.717) is 32.5 Å². The summed E-state index contributed by atoms with van der Waals surface area (Å²) in [6.45, 7) is 1.95. The Morgan fingerprint density at radius 3 is 2.83 bits per heavy atom. The molecule has 0 aliphatic carbocycles. The van der Waals surface area contributed by atoms with Crippen molar-refractivity contribution in [3.8, 4) is 5.69 Å². The molecule has 0 unspecified atom stereocenters. The Bertz CT molecular complexity index is 1150. The summed E-state index contributed by atoms with van der Waals surface area (Å²) in [7, 11) is 0. The molecule has 3 aromatic heterocycles. The van der Waals surface area contributed by atoms with E-state index in [1.165, 1.54) is 22.5 Å². The molecule has 0 aliphatic heterocycles. The summed E-state index contributed by atoms with van der Waals surface area (Å²) in [6.07, 6.45) is 5.12. The highest BCUT2D eigenvalue weighted by Crippen LogP contribution is 2.22. The Hall–Kier alpha value is -2.38. The van der Waals surface area contributed by atoms with Gasteiger partial charge in [-0.3, -0.25) is 9.36 Å². The van der Waals surface area contributed by atoms with Gasteiger partial charge in [-0.15, -0.1) is 5.10 Å². The van der Waals surface area contributed by atoms with Crippen LogP contribution in [-0.4, -0.2) is 30.4 Å². The summed E-state index contributed by atoms with van der Waals surface area (Å²) >= 11 is 7.73. The molecule has 0 bridgehead atoms. The highest BCUT2D eigenvalue weighted by Gasteiger charge is 2.13. The van der Waals surface area contributed by atoms with E-state index in [9.17, 15) is 4.79 Å². The number of aryl methyl sites for hydroxylation is 1. The van der Waals surface area contributed by atoms with Gasteiger partial charge in [0.05, 0.1) is 21.6 Å². The van der Waals surface area contributed by atoms with Gasteiger partial charge in [-0.05, 0) is 36.9 Å². The lowest BCUT2D eigenvalue weighted by Crippen LogP contribution is -2.19. The highest BCUT2D eigenvalue weighted by atomic mass is 35.5. The summed E-state index contributed by atoms with van der Waals surface area (Å²) < 4.78 is 3.10. The molecular formula is C16H12ClN5OS. The summed E-state index contributed by atoms with van der Waals surface area (Å²) in [6, 6.07) is 7.40. The van der Waals surface area contributed by atoms with Gasteiger partial charge >= 0.3 is 0 Å². The zero-order valence-electron chi connectivity index (χ0n) is 12.9. The molecule has 0 amide bonds. The van der Waals surface area contributed by atoms with Gasteiger partial charge in [-0.2, -0.15) is 9.50 Å². The fourth-order valence-corrected chi connectivity index (χ4v) is 3.25. The van der Waals surface area contributed by atoms with Crippen LogP contribution in [0.5, 0.6) is 0 Å². The lowest BCUT2D eigenvalue weighted by molar-refractivity contribution is 0.904. The average molecular weight is 358 g/mol. The number of aromatic nitrogens is 5. The van der Waals surface area contributed by atoms with E-state index in [0.717, 1.165) is 5.56 Å². The summed E-state index contributed by atoms with van der Waals surface area (Å²) in [5.74, 6) is 0.470. The van der Waals surface area contributed by atoms with Crippen LogP contribution in [0.15, 0.2) is 46.6 Å². The number of rotatable bonds is 2. The van der Waals surface area contributed by atoms with E-state index in [1.54, 1.807) is 10.7 Å². The minimum atomic E-state index is -0.200. The normalized spacial score (nSPS) is 11.5. The standard InChI is InChI=1S/C16H12ClN5OS/c1-9-3-4-13(11(17)7-9)21-6-5-12-10(14(21)23)8-18-15-19-16(24-2)20-22(12)15/h3-8H,1-2H3. The van der Waals surface area contributed by atoms with Crippen LogP contribution >= 0.6 is 23.4 Å². The van der Waals surface area contributed by atoms with Crippen molar-refractivity contribution in [1.82, 2.24) is 24.1 Å². The third-order valence-electron chi connectivity index (χ3n) is 3.76. The van der Waals surface area contributed by atoms with Crippen molar-refractivity contribution in [2.75, 3.05) is 6.26 Å². The first kappa shape index (κ1) is 15.2.